The van der Waals surface area contributed by atoms with Gasteiger partial charge in [-0.1, -0.05) is 68.5 Å². The summed E-state index contributed by atoms with van der Waals surface area (Å²) in [6.45, 7) is 9.42. The third-order valence-electron chi connectivity index (χ3n) is 5.11. The first-order valence-corrected chi connectivity index (χ1v) is 8.60. The van der Waals surface area contributed by atoms with E-state index in [-0.39, 0.29) is 11.2 Å². The SMILES string of the molecule is CCN1c2ccccc2C(C)(C)C1C=Cc1ccc(C(C)=O)cc1. The topological polar surface area (TPSA) is 20.3 Å². The monoisotopic (exact) mass is 319 g/mol. The molecule has 0 aromatic heterocycles. The van der Waals surface area contributed by atoms with Crippen molar-refractivity contribution >= 4 is 17.5 Å². The lowest BCUT2D eigenvalue weighted by Crippen LogP contribution is -2.39. The number of benzene rings is 2. The van der Waals surface area contributed by atoms with Crippen LogP contribution in [0.3, 0.4) is 0 Å². The number of rotatable bonds is 4. The summed E-state index contributed by atoms with van der Waals surface area (Å²) in [5.41, 5.74) is 4.71. The minimum Gasteiger partial charge on any atom is -0.364 e. The Labute approximate surface area is 144 Å². The Bertz CT molecular complexity index is 771. The van der Waals surface area contributed by atoms with Gasteiger partial charge in [0.25, 0.3) is 0 Å². The van der Waals surface area contributed by atoms with Gasteiger partial charge in [0.1, 0.15) is 0 Å². The molecule has 0 N–H and O–H groups in total. The minimum atomic E-state index is 0.0719. The van der Waals surface area contributed by atoms with E-state index in [4.69, 9.17) is 0 Å². The number of para-hydroxylation sites is 1. The number of fused-ring (bicyclic) bond motifs is 1. The summed E-state index contributed by atoms with van der Waals surface area (Å²) in [6, 6.07) is 16.8. The van der Waals surface area contributed by atoms with Crippen LogP contribution in [0.1, 0.15) is 49.2 Å². The molecule has 1 aliphatic rings. The van der Waals surface area contributed by atoms with Gasteiger partial charge in [0.2, 0.25) is 0 Å². The largest absolute Gasteiger partial charge is 0.364 e. The Balaban J connectivity index is 1.90. The highest BCUT2D eigenvalue weighted by Crippen LogP contribution is 2.45. The Morgan fingerprint density at radius 1 is 1.12 bits per heavy atom. The number of hydrogen-bond donors (Lipinski definition) is 0. The van der Waals surface area contributed by atoms with Crippen LogP contribution in [-0.4, -0.2) is 18.4 Å². The Morgan fingerprint density at radius 2 is 1.79 bits per heavy atom. The van der Waals surface area contributed by atoms with Gasteiger partial charge in [-0.2, -0.15) is 0 Å². The van der Waals surface area contributed by atoms with Crippen molar-refractivity contribution in [2.24, 2.45) is 0 Å². The van der Waals surface area contributed by atoms with Crippen molar-refractivity contribution in [2.75, 3.05) is 11.4 Å². The van der Waals surface area contributed by atoms with Gasteiger partial charge < -0.3 is 4.90 Å². The second-order valence-electron chi connectivity index (χ2n) is 7.01. The first-order chi connectivity index (χ1) is 11.4. The minimum absolute atomic E-state index is 0.0719. The normalized spacial score (nSPS) is 18.8. The second-order valence-corrected chi connectivity index (χ2v) is 7.01. The number of hydrogen-bond acceptors (Lipinski definition) is 2. The summed E-state index contributed by atoms with van der Waals surface area (Å²) < 4.78 is 0. The highest BCUT2D eigenvalue weighted by molar-refractivity contribution is 5.94. The molecule has 0 radical (unpaired) electrons. The van der Waals surface area contributed by atoms with Crippen molar-refractivity contribution in [1.82, 2.24) is 0 Å². The van der Waals surface area contributed by atoms with Crippen molar-refractivity contribution in [1.29, 1.82) is 0 Å². The van der Waals surface area contributed by atoms with Crippen LogP contribution >= 0.6 is 0 Å². The molecule has 2 aromatic carbocycles. The number of carbonyl (C=O) groups is 1. The van der Waals surface area contributed by atoms with Gasteiger partial charge in [0.05, 0.1) is 6.04 Å². The van der Waals surface area contributed by atoms with Crippen molar-refractivity contribution in [3.05, 3.63) is 71.3 Å². The van der Waals surface area contributed by atoms with Crippen LogP contribution in [0, 0.1) is 0 Å². The van der Waals surface area contributed by atoms with Crippen LogP contribution < -0.4 is 4.90 Å². The van der Waals surface area contributed by atoms with Crippen LogP contribution in [-0.2, 0) is 5.41 Å². The summed E-state index contributed by atoms with van der Waals surface area (Å²) in [6.07, 6.45) is 4.47. The van der Waals surface area contributed by atoms with Gasteiger partial charge in [-0.05, 0) is 31.0 Å². The fraction of sp³-hybridized carbons (Fsp3) is 0.318. The molecular formula is C22H25NO. The van der Waals surface area contributed by atoms with Gasteiger partial charge in [-0.3, -0.25) is 4.79 Å². The zero-order chi connectivity index (χ0) is 17.3. The summed E-state index contributed by atoms with van der Waals surface area (Å²) >= 11 is 0. The van der Waals surface area contributed by atoms with Crippen LogP contribution in [0.15, 0.2) is 54.6 Å². The molecule has 0 amide bonds. The summed E-state index contributed by atoms with van der Waals surface area (Å²) in [5.74, 6) is 0.107. The van der Waals surface area contributed by atoms with Crippen molar-refractivity contribution in [3.63, 3.8) is 0 Å². The van der Waals surface area contributed by atoms with Crippen LogP contribution in [0.4, 0.5) is 5.69 Å². The standard InChI is InChI=1S/C22H25NO/c1-5-23-20-9-7-6-8-19(20)22(3,4)21(23)15-12-17-10-13-18(14-11-17)16(2)24/h6-15,21H,5H2,1-4H3. The Hall–Kier alpha value is -2.35. The highest BCUT2D eigenvalue weighted by atomic mass is 16.1. The lowest BCUT2D eigenvalue weighted by molar-refractivity contribution is 0.101. The number of Topliss-reactive ketones (excluding diaryl/α,β-unsaturated/α-hetero) is 1. The van der Waals surface area contributed by atoms with Crippen LogP contribution in [0.25, 0.3) is 6.08 Å². The van der Waals surface area contributed by atoms with E-state index in [2.05, 4.69) is 62.1 Å². The number of anilines is 1. The zero-order valence-electron chi connectivity index (χ0n) is 14.9. The van der Waals surface area contributed by atoms with E-state index in [1.54, 1.807) is 6.92 Å². The maximum Gasteiger partial charge on any atom is 0.159 e. The molecule has 1 atom stereocenters. The molecule has 0 fully saturated rings. The fourth-order valence-electron chi connectivity index (χ4n) is 3.71. The van der Waals surface area contributed by atoms with Gasteiger partial charge >= 0.3 is 0 Å². The third-order valence-corrected chi connectivity index (χ3v) is 5.11. The lowest BCUT2D eigenvalue weighted by Gasteiger charge is -2.31. The molecule has 2 nitrogen and oxygen atoms in total. The first-order valence-electron chi connectivity index (χ1n) is 8.60. The Kier molecular flexibility index (Phi) is 4.31. The van der Waals surface area contributed by atoms with E-state index >= 15 is 0 Å². The fourth-order valence-corrected chi connectivity index (χ4v) is 3.71. The van der Waals surface area contributed by atoms with E-state index in [0.29, 0.717) is 6.04 Å². The molecule has 2 heteroatoms. The molecule has 0 bridgehead atoms. The Morgan fingerprint density at radius 3 is 2.42 bits per heavy atom. The smallest absolute Gasteiger partial charge is 0.159 e. The molecule has 0 aliphatic carbocycles. The van der Waals surface area contributed by atoms with Crippen LogP contribution in [0.5, 0.6) is 0 Å². The molecule has 0 spiro atoms. The number of nitrogens with zero attached hydrogens (tertiary/aromatic N) is 1. The van der Waals surface area contributed by atoms with Crippen molar-refractivity contribution < 1.29 is 4.79 Å². The van der Waals surface area contributed by atoms with Gasteiger partial charge in [-0.15, -0.1) is 0 Å². The molecule has 1 unspecified atom stereocenters. The lowest BCUT2D eigenvalue weighted by atomic mass is 9.80. The van der Waals surface area contributed by atoms with Crippen molar-refractivity contribution in [2.45, 2.75) is 39.2 Å². The van der Waals surface area contributed by atoms with E-state index < -0.39 is 0 Å². The summed E-state index contributed by atoms with van der Waals surface area (Å²) in [4.78, 5) is 13.9. The van der Waals surface area contributed by atoms with E-state index in [9.17, 15) is 4.79 Å². The van der Waals surface area contributed by atoms with E-state index in [0.717, 1.165) is 17.7 Å². The average molecular weight is 319 g/mol. The predicted molar refractivity (Wildman–Crippen MR) is 102 cm³/mol. The number of carbonyl (C=O) groups excluding carboxylic acids is 1. The van der Waals surface area contributed by atoms with Gasteiger partial charge in [0, 0.05) is 23.2 Å². The quantitative estimate of drug-likeness (QED) is 0.732. The maximum absolute atomic E-state index is 11.4. The molecule has 3 rings (SSSR count). The average Bonchev–Trinajstić information content (AvgIpc) is 2.80. The molecule has 124 valence electrons. The molecule has 24 heavy (non-hydrogen) atoms. The third kappa shape index (κ3) is 2.77. The van der Waals surface area contributed by atoms with Gasteiger partial charge in [-0.25, -0.2) is 0 Å². The molecule has 1 aliphatic heterocycles. The van der Waals surface area contributed by atoms with E-state index in [1.807, 2.05) is 24.3 Å². The second kappa shape index (κ2) is 6.27. The molecule has 0 saturated heterocycles. The molecule has 2 aromatic rings. The summed E-state index contributed by atoms with van der Waals surface area (Å²) in [7, 11) is 0. The predicted octanol–water partition coefficient (Wildman–Crippen LogP) is 5.09. The van der Waals surface area contributed by atoms with Gasteiger partial charge in [0.15, 0.2) is 5.78 Å². The highest BCUT2D eigenvalue weighted by Gasteiger charge is 2.42. The van der Waals surface area contributed by atoms with Crippen molar-refractivity contribution in [3.8, 4) is 0 Å². The number of likely N-dealkylation sites (N-methyl/N-ethyl adjacent to an activating group) is 1. The zero-order valence-corrected chi connectivity index (χ0v) is 14.9. The maximum atomic E-state index is 11.4. The van der Waals surface area contributed by atoms with Crippen LogP contribution in [0.2, 0.25) is 0 Å². The first kappa shape index (κ1) is 16.5. The van der Waals surface area contributed by atoms with E-state index in [1.165, 1.54) is 11.3 Å². The summed E-state index contributed by atoms with van der Waals surface area (Å²) in [5, 5.41) is 0. The number of ketones is 1. The molecule has 0 saturated carbocycles. The molecular weight excluding hydrogens is 294 g/mol. The molecule has 1 heterocycles.